The molecule has 6 heteroatoms. The molecular weight excluding hydrogens is 280 g/mol. The molecule has 116 valence electrons. The number of nitrogens with zero attached hydrogens (tertiary/aromatic N) is 1. The van der Waals surface area contributed by atoms with Gasteiger partial charge in [0.1, 0.15) is 11.6 Å². The van der Waals surface area contributed by atoms with Gasteiger partial charge in [-0.05, 0) is 36.1 Å². The summed E-state index contributed by atoms with van der Waals surface area (Å²) in [6.45, 7) is 0.297. The molecule has 1 fully saturated rings. The number of amides is 1. The predicted molar refractivity (Wildman–Crippen MR) is 72.7 cm³/mol. The maximum atomic E-state index is 13.7. The summed E-state index contributed by atoms with van der Waals surface area (Å²) in [7, 11) is 3.05. The Morgan fingerprint density at radius 1 is 1.52 bits per heavy atom. The highest BCUT2D eigenvalue weighted by Gasteiger charge is 2.46. The molecule has 1 aromatic rings. The van der Waals surface area contributed by atoms with Gasteiger partial charge in [-0.15, -0.1) is 0 Å². The second-order valence-electron chi connectivity index (χ2n) is 5.44. The number of aliphatic hydroxyl groups is 1. The molecule has 0 unspecified atom stereocenters. The Bertz CT molecular complexity index is 524. The molecule has 0 aliphatic heterocycles. The van der Waals surface area contributed by atoms with Gasteiger partial charge in [0, 0.05) is 26.6 Å². The first-order valence-corrected chi connectivity index (χ1v) is 6.81. The van der Waals surface area contributed by atoms with E-state index in [1.54, 1.807) is 7.05 Å². The number of halogens is 2. The summed E-state index contributed by atoms with van der Waals surface area (Å²) in [6.07, 6.45) is -0.253. The number of ether oxygens (including phenoxy) is 1. The molecular formula is C15H19F2NO3. The van der Waals surface area contributed by atoms with Crippen LogP contribution in [0, 0.1) is 17.6 Å². The van der Waals surface area contributed by atoms with Crippen LogP contribution in [0.25, 0.3) is 0 Å². The number of hydrogen-bond acceptors (Lipinski definition) is 3. The maximum Gasteiger partial charge on any atom is 0.226 e. The molecule has 0 bridgehead atoms. The highest BCUT2D eigenvalue weighted by atomic mass is 19.1. The number of likely N-dealkylation sites (N-methyl/N-ethyl adjacent to an activating group) is 1. The number of benzene rings is 1. The Kier molecular flexibility index (Phi) is 4.90. The zero-order valence-corrected chi connectivity index (χ0v) is 12.1. The Hall–Kier alpha value is -1.53. The third-order valence-electron chi connectivity index (χ3n) is 3.69. The Morgan fingerprint density at radius 2 is 2.24 bits per heavy atom. The molecule has 0 saturated heterocycles. The lowest BCUT2D eigenvalue weighted by molar-refractivity contribution is -0.133. The van der Waals surface area contributed by atoms with Crippen molar-refractivity contribution in [2.45, 2.75) is 18.4 Å². The van der Waals surface area contributed by atoms with E-state index in [4.69, 9.17) is 4.74 Å². The number of aliphatic hydroxyl groups excluding tert-OH is 1. The lowest BCUT2D eigenvalue weighted by Crippen LogP contribution is -2.37. The average molecular weight is 299 g/mol. The summed E-state index contributed by atoms with van der Waals surface area (Å²) >= 11 is 0. The minimum absolute atomic E-state index is 0.143. The molecule has 4 nitrogen and oxygen atoms in total. The largest absolute Gasteiger partial charge is 0.389 e. The van der Waals surface area contributed by atoms with E-state index < -0.39 is 17.7 Å². The zero-order chi connectivity index (χ0) is 15.6. The second-order valence-corrected chi connectivity index (χ2v) is 5.44. The van der Waals surface area contributed by atoms with Gasteiger partial charge in [0.05, 0.1) is 12.7 Å². The quantitative estimate of drug-likeness (QED) is 0.867. The molecule has 1 aliphatic carbocycles. The van der Waals surface area contributed by atoms with Crippen molar-refractivity contribution in [2.24, 2.45) is 5.92 Å². The first-order chi connectivity index (χ1) is 9.93. The molecule has 0 heterocycles. The highest BCUT2D eigenvalue weighted by Crippen LogP contribution is 2.49. The minimum atomic E-state index is -0.757. The first-order valence-electron chi connectivity index (χ1n) is 6.81. The van der Waals surface area contributed by atoms with E-state index in [9.17, 15) is 18.7 Å². The molecule has 0 spiro atoms. The number of carbonyl (C=O) groups excluding carboxylic acids is 1. The van der Waals surface area contributed by atoms with Gasteiger partial charge in [-0.3, -0.25) is 4.79 Å². The summed E-state index contributed by atoms with van der Waals surface area (Å²) < 4.78 is 31.6. The third kappa shape index (κ3) is 3.77. The van der Waals surface area contributed by atoms with Crippen molar-refractivity contribution in [1.82, 2.24) is 4.90 Å². The van der Waals surface area contributed by atoms with Crippen molar-refractivity contribution in [3.8, 4) is 0 Å². The summed E-state index contributed by atoms with van der Waals surface area (Å²) in [5.74, 6) is -1.79. The fourth-order valence-electron chi connectivity index (χ4n) is 2.54. The smallest absolute Gasteiger partial charge is 0.226 e. The molecule has 0 radical (unpaired) electrons. The molecule has 1 saturated carbocycles. The van der Waals surface area contributed by atoms with Gasteiger partial charge in [-0.2, -0.15) is 0 Å². The monoisotopic (exact) mass is 299 g/mol. The topological polar surface area (TPSA) is 49.8 Å². The van der Waals surface area contributed by atoms with Gasteiger partial charge in [0.25, 0.3) is 0 Å². The standard InChI is InChI=1S/C15H19F2NO3/c1-18(7-10(19)8-21-2)15(20)13-6-11(13)12-5-9(16)3-4-14(12)17/h3-5,10-11,13,19H,6-8H2,1-2H3/t10-,11+,13-/m1/s1. The van der Waals surface area contributed by atoms with Crippen LogP contribution in [-0.4, -0.2) is 49.3 Å². The van der Waals surface area contributed by atoms with Gasteiger partial charge in [0.15, 0.2) is 0 Å². The van der Waals surface area contributed by atoms with E-state index in [0.717, 1.165) is 18.2 Å². The van der Waals surface area contributed by atoms with Gasteiger partial charge in [0.2, 0.25) is 5.91 Å². The summed E-state index contributed by atoms with van der Waals surface area (Å²) in [5.41, 5.74) is 0.249. The summed E-state index contributed by atoms with van der Waals surface area (Å²) in [5, 5.41) is 9.61. The Labute approximate surface area is 122 Å². The summed E-state index contributed by atoms with van der Waals surface area (Å²) in [4.78, 5) is 13.6. The minimum Gasteiger partial charge on any atom is -0.389 e. The normalized spacial score (nSPS) is 22.0. The van der Waals surface area contributed by atoms with Gasteiger partial charge >= 0.3 is 0 Å². The lowest BCUT2D eigenvalue weighted by Gasteiger charge is -2.20. The zero-order valence-electron chi connectivity index (χ0n) is 12.1. The molecule has 3 atom stereocenters. The van der Waals surface area contributed by atoms with Crippen molar-refractivity contribution in [3.05, 3.63) is 35.4 Å². The third-order valence-corrected chi connectivity index (χ3v) is 3.69. The number of carbonyl (C=O) groups is 1. The molecule has 0 aromatic heterocycles. The fraction of sp³-hybridized carbons (Fsp3) is 0.533. The Balaban J connectivity index is 1.96. The van der Waals surface area contributed by atoms with Crippen LogP contribution in [0.5, 0.6) is 0 Å². The van der Waals surface area contributed by atoms with E-state index in [2.05, 4.69) is 0 Å². The van der Waals surface area contributed by atoms with E-state index in [1.807, 2.05) is 0 Å². The number of rotatable bonds is 6. The summed E-state index contributed by atoms with van der Waals surface area (Å²) in [6, 6.07) is 3.29. The fourth-order valence-corrected chi connectivity index (χ4v) is 2.54. The van der Waals surface area contributed by atoms with Gasteiger partial charge in [-0.1, -0.05) is 0 Å². The molecule has 1 aliphatic rings. The van der Waals surface area contributed by atoms with E-state index in [0.29, 0.717) is 6.42 Å². The highest BCUT2D eigenvalue weighted by molar-refractivity contribution is 5.82. The number of methoxy groups -OCH3 is 1. The second kappa shape index (κ2) is 6.49. The van der Waals surface area contributed by atoms with Crippen molar-refractivity contribution in [1.29, 1.82) is 0 Å². The molecule has 1 N–H and O–H groups in total. The van der Waals surface area contributed by atoms with Crippen LogP contribution in [0.1, 0.15) is 17.9 Å². The Morgan fingerprint density at radius 3 is 2.90 bits per heavy atom. The molecule has 1 aromatic carbocycles. The van der Waals surface area contributed by atoms with Crippen molar-refractivity contribution < 1.29 is 23.4 Å². The van der Waals surface area contributed by atoms with Crippen molar-refractivity contribution in [3.63, 3.8) is 0 Å². The molecule has 2 rings (SSSR count). The molecule has 1 amide bonds. The van der Waals surface area contributed by atoms with E-state index in [1.165, 1.54) is 12.0 Å². The van der Waals surface area contributed by atoms with Crippen LogP contribution in [0.2, 0.25) is 0 Å². The van der Waals surface area contributed by atoms with E-state index in [-0.39, 0.29) is 36.5 Å². The van der Waals surface area contributed by atoms with Crippen LogP contribution in [-0.2, 0) is 9.53 Å². The lowest BCUT2D eigenvalue weighted by atomic mass is 10.1. The molecule has 21 heavy (non-hydrogen) atoms. The van der Waals surface area contributed by atoms with Crippen LogP contribution in [0.3, 0.4) is 0 Å². The van der Waals surface area contributed by atoms with Gasteiger partial charge < -0.3 is 14.7 Å². The maximum absolute atomic E-state index is 13.7. The SMILES string of the molecule is COC[C@H](O)CN(C)C(=O)[C@@H]1C[C@H]1c1cc(F)ccc1F. The van der Waals surface area contributed by atoms with Crippen LogP contribution in [0.15, 0.2) is 18.2 Å². The van der Waals surface area contributed by atoms with Crippen LogP contribution >= 0.6 is 0 Å². The van der Waals surface area contributed by atoms with Crippen molar-refractivity contribution in [2.75, 3.05) is 27.3 Å². The van der Waals surface area contributed by atoms with Gasteiger partial charge in [-0.25, -0.2) is 8.78 Å². The average Bonchev–Trinajstić information content (AvgIpc) is 3.21. The van der Waals surface area contributed by atoms with Crippen molar-refractivity contribution >= 4 is 5.91 Å². The van der Waals surface area contributed by atoms with Crippen LogP contribution < -0.4 is 0 Å². The van der Waals surface area contributed by atoms with Crippen LogP contribution in [0.4, 0.5) is 8.78 Å². The van der Waals surface area contributed by atoms with E-state index >= 15 is 0 Å². The number of hydrogen-bond donors (Lipinski definition) is 1. The first kappa shape index (κ1) is 15.9. The predicted octanol–water partition coefficient (Wildman–Crippen LogP) is 1.53.